The molecule has 0 aliphatic carbocycles. The minimum absolute atomic E-state index is 0. The van der Waals surface area contributed by atoms with Gasteiger partial charge in [0.2, 0.25) is 0 Å². The molecule has 39 valence electrons. The third-order valence-electron chi connectivity index (χ3n) is 0. The third kappa shape index (κ3) is 779. The van der Waals surface area contributed by atoms with Crippen molar-refractivity contribution >= 4 is 17.4 Å². The quantitative estimate of drug-likeness (QED) is 0.260. The molecule has 6 heavy (non-hydrogen) atoms. The summed E-state index contributed by atoms with van der Waals surface area (Å²) >= 11 is 0. The topological polar surface area (TPSA) is 63.4 Å². The molecule has 0 atom stereocenters. The second kappa shape index (κ2) is 8.97. The monoisotopic (exact) mass is 152 g/mol. The molecule has 4 nitrogen and oxygen atoms in total. The Balaban J connectivity index is -0.0000000450. The molecule has 0 aromatic rings. The first-order chi connectivity index (χ1) is 1.73. The number of hydrogen-bond acceptors (Lipinski definition) is 2. The summed E-state index contributed by atoms with van der Waals surface area (Å²) in [5.74, 6) is 0. The fourth-order valence-electron chi connectivity index (χ4n) is 0. The van der Waals surface area contributed by atoms with Crippen LogP contribution < -0.4 is 0 Å². The molecule has 0 aromatic heterocycles. The Kier molecular flexibility index (Phi) is 24.4. The van der Waals surface area contributed by atoms with Crippen molar-refractivity contribution in [3.05, 3.63) is 10.1 Å². The van der Waals surface area contributed by atoms with Crippen LogP contribution in [-0.2, 0) is 16.8 Å². The maximum absolute atomic E-state index is 8.36. The Morgan fingerprint density at radius 3 is 1.67 bits per heavy atom. The van der Waals surface area contributed by atoms with Gasteiger partial charge in [-0.05, 0) is 0 Å². The van der Waals surface area contributed by atoms with Crippen molar-refractivity contribution in [2.24, 2.45) is 0 Å². The molecule has 0 spiro atoms. The van der Waals surface area contributed by atoms with Crippen molar-refractivity contribution in [3.63, 3.8) is 0 Å². The first-order valence-corrected chi connectivity index (χ1v) is 0.565. The minimum atomic E-state index is -1.50. The van der Waals surface area contributed by atoms with Crippen LogP contribution >= 0.6 is 0 Å². The van der Waals surface area contributed by atoms with E-state index in [1.807, 2.05) is 0 Å². The van der Waals surface area contributed by atoms with Crippen LogP contribution in [0.3, 0.4) is 0 Å². The predicted octanol–water partition coefficient (Wildman–Crippen LogP) is -1.53. The van der Waals surface area contributed by atoms with Crippen LogP contribution in [0.25, 0.3) is 0 Å². The molecule has 1 radical (unpaired) electrons. The SMILES string of the molecule is O=[N+]([O-])O.[AlH3].[Co]. The minimum Gasteiger partial charge on any atom is -0.328 e. The average molecular weight is 152 g/mol. The Bertz CT molecular complexity index is 33.8. The zero-order valence-corrected chi connectivity index (χ0v) is 3.09. The fourth-order valence-corrected chi connectivity index (χ4v) is 0. The van der Waals surface area contributed by atoms with Crippen molar-refractivity contribution in [3.8, 4) is 0 Å². The van der Waals surface area contributed by atoms with Gasteiger partial charge in [0.05, 0.1) is 0 Å². The van der Waals surface area contributed by atoms with Gasteiger partial charge < -0.3 is 5.21 Å². The zero-order valence-electron chi connectivity index (χ0n) is 2.04. The van der Waals surface area contributed by atoms with E-state index < -0.39 is 5.09 Å². The second-order valence-corrected chi connectivity index (χ2v) is 0.238. The second-order valence-electron chi connectivity index (χ2n) is 0.238. The van der Waals surface area contributed by atoms with E-state index in [0.29, 0.717) is 0 Å². The van der Waals surface area contributed by atoms with Crippen LogP contribution in [0.15, 0.2) is 0 Å². The Morgan fingerprint density at radius 2 is 1.67 bits per heavy atom. The van der Waals surface area contributed by atoms with Gasteiger partial charge in [-0.15, -0.1) is 10.1 Å². The average Bonchev–Trinajstić information content (AvgIpc) is 0.811. The molecule has 0 bridgehead atoms. The normalized spacial score (nSPS) is 4.00. The van der Waals surface area contributed by atoms with Gasteiger partial charge in [-0.1, -0.05) is 0 Å². The van der Waals surface area contributed by atoms with Gasteiger partial charge in [-0.2, -0.15) is 0 Å². The molecular weight excluding hydrogens is 148 g/mol. The Labute approximate surface area is 55.0 Å². The van der Waals surface area contributed by atoms with Gasteiger partial charge in [0, 0.05) is 16.8 Å². The van der Waals surface area contributed by atoms with Gasteiger partial charge in [0.25, 0.3) is 5.09 Å². The number of rotatable bonds is 0. The molecule has 0 fully saturated rings. The molecule has 0 aliphatic heterocycles. The van der Waals surface area contributed by atoms with Gasteiger partial charge in [-0.25, -0.2) is 0 Å². The van der Waals surface area contributed by atoms with E-state index in [0.717, 1.165) is 0 Å². The molecule has 0 unspecified atom stereocenters. The van der Waals surface area contributed by atoms with E-state index in [1.54, 1.807) is 0 Å². The maximum Gasteiger partial charge on any atom is 0.291 e. The van der Waals surface area contributed by atoms with E-state index >= 15 is 0 Å². The molecule has 0 saturated carbocycles. The molecule has 0 saturated heterocycles. The third-order valence-corrected chi connectivity index (χ3v) is 0. The van der Waals surface area contributed by atoms with Gasteiger partial charge in [0.1, 0.15) is 0 Å². The number of nitrogens with zero attached hydrogens (tertiary/aromatic N) is 1. The first kappa shape index (κ1) is 16.3. The van der Waals surface area contributed by atoms with Crippen LogP contribution in [0.5, 0.6) is 0 Å². The van der Waals surface area contributed by atoms with Crippen LogP contribution in [0.2, 0.25) is 0 Å². The fraction of sp³-hybridized carbons (Fsp3) is 0. The van der Waals surface area contributed by atoms with E-state index in [1.165, 1.54) is 0 Å². The molecule has 1 N–H and O–H groups in total. The maximum atomic E-state index is 8.36. The summed E-state index contributed by atoms with van der Waals surface area (Å²) in [5.41, 5.74) is 0. The van der Waals surface area contributed by atoms with E-state index in [-0.39, 0.29) is 34.1 Å². The Hall–Kier alpha value is 0.239. The zero-order chi connectivity index (χ0) is 3.58. The summed E-state index contributed by atoms with van der Waals surface area (Å²) in [6, 6.07) is 0. The first-order valence-electron chi connectivity index (χ1n) is 0.565. The molecule has 0 heterocycles. The van der Waals surface area contributed by atoms with Crippen LogP contribution in [-0.4, -0.2) is 27.7 Å². The van der Waals surface area contributed by atoms with Crippen molar-refractivity contribution < 1.29 is 27.1 Å². The Morgan fingerprint density at radius 1 is 1.67 bits per heavy atom. The molecule has 0 amide bonds. The molecular formula is H4AlCoNO3. The summed E-state index contributed by atoms with van der Waals surface area (Å²) in [6.45, 7) is 0. The van der Waals surface area contributed by atoms with Crippen LogP contribution in [0, 0.1) is 10.1 Å². The number of hydrogen-bond donors (Lipinski definition) is 1. The smallest absolute Gasteiger partial charge is 0.291 e. The summed E-state index contributed by atoms with van der Waals surface area (Å²) in [6.07, 6.45) is 0. The molecule has 0 rings (SSSR count). The van der Waals surface area contributed by atoms with Crippen molar-refractivity contribution in [2.75, 3.05) is 0 Å². The molecule has 0 aromatic carbocycles. The predicted molar refractivity (Wildman–Crippen MR) is 18.7 cm³/mol. The largest absolute Gasteiger partial charge is 0.328 e. The molecule has 0 aliphatic rings. The van der Waals surface area contributed by atoms with Crippen LogP contribution in [0.1, 0.15) is 0 Å². The van der Waals surface area contributed by atoms with Crippen molar-refractivity contribution in [1.82, 2.24) is 0 Å². The van der Waals surface area contributed by atoms with Crippen molar-refractivity contribution in [2.45, 2.75) is 0 Å². The van der Waals surface area contributed by atoms with Gasteiger partial charge in [0.15, 0.2) is 17.4 Å². The summed E-state index contributed by atoms with van der Waals surface area (Å²) < 4.78 is 0. The van der Waals surface area contributed by atoms with Gasteiger partial charge in [-0.3, -0.25) is 0 Å². The summed E-state index contributed by atoms with van der Waals surface area (Å²) in [7, 11) is 0. The summed E-state index contributed by atoms with van der Waals surface area (Å²) in [4.78, 5) is 8.36. The van der Waals surface area contributed by atoms with Crippen LogP contribution in [0.4, 0.5) is 0 Å². The van der Waals surface area contributed by atoms with Crippen molar-refractivity contribution in [1.29, 1.82) is 0 Å². The summed E-state index contributed by atoms with van der Waals surface area (Å²) in [5, 5.41) is 13.6. The standard InChI is InChI=1S/Al.Co.HNO3.3H/c;;2-1(3)4;;;/h;;(H,2,3,4);;;. The van der Waals surface area contributed by atoms with E-state index in [2.05, 4.69) is 0 Å². The van der Waals surface area contributed by atoms with E-state index in [4.69, 9.17) is 15.3 Å². The molecule has 6 heteroatoms. The van der Waals surface area contributed by atoms with Gasteiger partial charge >= 0.3 is 0 Å². The van der Waals surface area contributed by atoms with E-state index in [9.17, 15) is 0 Å².